The predicted octanol–water partition coefficient (Wildman–Crippen LogP) is 2.23. The lowest BCUT2D eigenvalue weighted by atomic mass is 9.68. The number of aliphatic hydroxyl groups excluding tert-OH is 1. The van der Waals surface area contributed by atoms with Crippen molar-refractivity contribution in [2.75, 3.05) is 13.1 Å². The van der Waals surface area contributed by atoms with Crippen LogP contribution in [0.4, 0.5) is 0 Å². The summed E-state index contributed by atoms with van der Waals surface area (Å²) in [6.45, 7) is 5.74. The first kappa shape index (κ1) is 16.0. The number of fused-ring (bicyclic) bond motifs is 2. The zero-order valence-electron chi connectivity index (χ0n) is 14.0. The van der Waals surface area contributed by atoms with Crippen LogP contribution in [0.15, 0.2) is 11.6 Å². The molecule has 1 heterocycles. The van der Waals surface area contributed by atoms with Gasteiger partial charge in [-0.2, -0.15) is 0 Å². The van der Waals surface area contributed by atoms with Crippen LogP contribution < -0.4 is 5.32 Å². The Morgan fingerprint density at radius 1 is 1.50 bits per heavy atom. The smallest absolute Gasteiger partial charge is 0.236 e. The van der Waals surface area contributed by atoms with Crippen molar-refractivity contribution in [1.29, 1.82) is 0 Å². The van der Waals surface area contributed by atoms with Gasteiger partial charge >= 0.3 is 0 Å². The number of carbonyl (C=O) groups excluding carboxylic acids is 1. The summed E-state index contributed by atoms with van der Waals surface area (Å²) >= 11 is 0. The van der Waals surface area contributed by atoms with E-state index in [1.807, 2.05) is 0 Å². The molecule has 0 aromatic carbocycles. The number of rotatable bonds is 4. The zero-order chi connectivity index (χ0) is 15.7. The lowest BCUT2D eigenvalue weighted by Gasteiger charge is -2.46. The Morgan fingerprint density at radius 2 is 2.32 bits per heavy atom. The molecule has 0 radical (unpaired) electrons. The van der Waals surface area contributed by atoms with E-state index in [1.165, 1.54) is 5.57 Å². The standard InChI is InChI=1S/C18H30N2O2/c1-3-15-5-4-6-20(15)17(22)12-19-18-9-13(2)7-14(10-18)8-16(21)11-18/h7,13,15-16,19,21H,3-6,8-12H2,1-2H3. The average molecular weight is 306 g/mol. The van der Waals surface area contributed by atoms with E-state index in [-0.39, 0.29) is 17.6 Å². The molecule has 4 atom stereocenters. The Balaban J connectivity index is 1.62. The third-order valence-electron chi connectivity index (χ3n) is 5.71. The van der Waals surface area contributed by atoms with Crippen LogP contribution in [0.2, 0.25) is 0 Å². The number of aliphatic hydroxyl groups is 1. The second-order valence-electron chi connectivity index (χ2n) is 7.67. The van der Waals surface area contributed by atoms with Crippen molar-refractivity contribution in [1.82, 2.24) is 10.2 Å². The second kappa shape index (κ2) is 6.32. The van der Waals surface area contributed by atoms with Gasteiger partial charge in [-0.3, -0.25) is 4.79 Å². The number of hydrogen-bond acceptors (Lipinski definition) is 3. The molecule has 2 aliphatic carbocycles. The van der Waals surface area contributed by atoms with Gasteiger partial charge in [-0.15, -0.1) is 0 Å². The molecule has 2 bridgehead atoms. The molecule has 4 unspecified atom stereocenters. The molecule has 0 aromatic rings. The van der Waals surface area contributed by atoms with E-state index in [9.17, 15) is 9.90 Å². The maximum atomic E-state index is 12.6. The Bertz CT molecular complexity index is 462. The summed E-state index contributed by atoms with van der Waals surface area (Å²) < 4.78 is 0. The molecule has 124 valence electrons. The highest BCUT2D eigenvalue weighted by atomic mass is 16.3. The van der Waals surface area contributed by atoms with E-state index in [2.05, 4.69) is 30.1 Å². The fourth-order valence-corrected chi connectivity index (χ4v) is 4.92. The summed E-state index contributed by atoms with van der Waals surface area (Å²) in [5.74, 6) is 0.775. The SMILES string of the molecule is CCC1CCCN1C(=O)CNC12CC(=CC(C)C1)CC(O)C2. The molecular weight excluding hydrogens is 276 g/mol. The van der Waals surface area contributed by atoms with Crippen LogP contribution >= 0.6 is 0 Å². The van der Waals surface area contributed by atoms with Gasteiger partial charge in [0.05, 0.1) is 12.6 Å². The Kier molecular flexibility index (Phi) is 4.60. The maximum Gasteiger partial charge on any atom is 0.236 e. The highest BCUT2D eigenvalue weighted by Crippen LogP contribution is 2.41. The number of amides is 1. The van der Waals surface area contributed by atoms with Crippen LogP contribution in [0.5, 0.6) is 0 Å². The molecule has 1 aliphatic heterocycles. The highest BCUT2D eigenvalue weighted by Gasteiger charge is 2.41. The fraction of sp³-hybridized carbons (Fsp3) is 0.833. The summed E-state index contributed by atoms with van der Waals surface area (Å²) in [7, 11) is 0. The van der Waals surface area contributed by atoms with Crippen molar-refractivity contribution in [3.8, 4) is 0 Å². The van der Waals surface area contributed by atoms with E-state index in [4.69, 9.17) is 0 Å². The van der Waals surface area contributed by atoms with Gasteiger partial charge in [0, 0.05) is 18.1 Å². The molecule has 2 N–H and O–H groups in total. The third kappa shape index (κ3) is 3.23. The number of nitrogens with one attached hydrogen (secondary N) is 1. The van der Waals surface area contributed by atoms with E-state index in [0.29, 0.717) is 18.5 Å². The maximum absolute atomic E-state index is 12.6. The molecule has 4 heteroatoms. The topological polar surface area (TPSA) is 52.6 Å². The van der Waals surface area contributed by atoms with E-state index in [0.717, 1.165) is 51.5 Å². The van der Waals surface area contributed by atoms with Gasteiger partial charge in [0.2, 0.25) is 5.91 Å². The molecule has 3 aliphatic rings. The summed E-state index contributed by atoms with van der Waals surface area (Å²) in [6, 6.07) is 0.435. The molecule has 1 saturated carbocycles. The van der Waals surface area contributed by atoms with Crippen molar-refractivity contribution in [2.45, 2.75) is 76.5 Å². The van der Waals surface area contributed by atoms with Gasteiger partial charge in [0.15, 0.2) is 0 Å². The minimum Gasteiger partial charge on any atom is -0.393 e. The minimum atomic E-state index is -0.259. The molecule has 4 nitrogen and oxygen atoms in total. The van der Waals surface area contributed by atoms with Crippen LogP contribution in [0.1, 0.15) is 58.8 Å². The van der Waals surface area contributed by atoms with Crippen molar-refractivity contribution in [2.24, 2.45) is 5.92 Å². The van der Waals surface area contributed by atoms with Gasteiger partial charge in [-0.1, -0.05) is 25.5 Å². The predicted molar refractivity (Wildman–Crippen MR) is 87.5 cm³/mol. The van der Waals surface area contributed by atoms with Crippen LogP contribution in [0.3, 0.4) is 0 Å². The van der Waals surface area contributed by atoms with Gasteiger partial charge in [0.1, 0.15) is 0 Å². The number of nitrogens with zero attached hydrogens (tertiary/aromatic N) is 1. The number of likely N-dealkylation sites (tertiary alicyclic amines) is 1. The first-order valence-electron chi connectivity index (χ1n) is 8.93. The summed E-state index contributed by atoms with van der Waals surface area (Å²) in [5, 5.41) is 13.7. The molecule has 0 spiro atoms. The van der Waals surface area contributed by atoms with E-state index in [1.54, 1.807) is 0 Å². The first-order valence-corrected chi connectivity index (χ1v) is 8.93. The Hall–Kier alpha value is -0.870. The molecule has 22 heavy (non-hydrogen) atoms. The number of carbonyl (C=O) groups is 1. The van der Waals surface area contributed by atoms with E-state index >= 15 is 0 Å². The van der Waals surface area contributed by atoms with Crippen LogP contribution in [0, 0.1) is 5.92 Å². The van der Waals surface area contributed by atoms with Gasteiger partial charge in [-0.25, -0.2) is 0 Å². The minimum absolute atomic E-state index is 0.0712. The van der Waals surface area contributed by atoms with Gasteiger partial charge in [0.25, 0.3) is 0 Å². The molecule has 3 rings (SSSR count). The summed E-state index contributed by atoms with van der Waals surface area (Å²) in [6.07, 6.45) is 9.01. The number of allylic oxidation sites excluding steroid dienone is 1. The monoisotopic (exact) mass is 306 g/mol. The van der Waals surface area contributed by atoms with Gasteiger partial charge < -0.3 is 15.3 Å². The quantitative estimate of drug-likeness (QED) is 0.783. The number of hydrogen-bond donors (Lipinski definition) is 2. The summed E-state index contributed by atoms with van der Waals surface area (Å²) in [4.78, 5) is 14.6. The second-order valence-corrected chi connectivity index (χ2v) is 7.67. The van der Waals surface area contributed by atoms with Crippen LogP contribution in [-0.2, 0) is 4.79 Å². The Morgan fingerprint density at radius 3 is 3.09 bits per heavy atom. The first-order chi connectivity index (χ1) is 10.5. The Labute approximate surface area is 134 Å². The largest absolute Gasteiger partial charge is 0.393 e. The lowest BCUT2D eigenvalue weighted by Crippen LogP contribution is -2.56. The van der Waals surface area contributed by atoms with Crippen molar-refractivity contribution < 1.29 is 9.90 Å². The zero-order valence-corrected chi connectivity index (χ0v) is 14.0. The van der Waals surface area contributed by atoms with Gasteiger partial charge in [-0.05, 0) is 50.9 Å². The highest BCUT2D eigenvalue weighted by molar-refractivity contribution is 5.79. The van der Waals surface area contributed by atoms with Crippen LogP contribution in [0.25, 0.3) is 0 Å². The average Bonchev–Trinajstić information content (AvgIpc) is 2.91. The molecule has 0 aromatic heterocycles. The van der Waals surface area contributed by atoms with Crippen LogP contribution in [-0.4, -0.2) is 46.7 Å². The molecule has 1 saturated heterocycles. The summed E-state index contributed by atoms with van der Waals surface area (Å²) in [5.41, 5.74) is 1.29. The lowest BCUT2D eigenvalue weighted by molar-refractivity contribution is -0.131. The molecular formula is C18H30N2O2. The fourth-order valence-electron chi connectivity index (χ4n) is 4.92. The molecule has 2 fully saturated rings. The van der Waals surface area contributed by atoms with Crippen molar-refractivity contribution >= 4 is 5.91 Å². The van der Waals surface area contributed by atoms with Crippen molar-refractivity contribution in [3.63, 3.8) is 0 Å². The van der Waals surface area contributed by atoms with Crippen molar-refractivity contribution in [3.05, 3.63) is 11.6 Å². The molecule has 1 amide bonds. The van der Waals surface area contributed by atoms with E-state index < -0.39 is 0 Å². The third-order valence-corrected chi connectivity index (χ3v) is 5.71. The normalized spacial score (nSPS) is 38.0.